The largest absolute Gasteiger partial charge is 0.368 e. The molecule has 0 atom stereocenters. The first-order valence-corrected chi connectivity index (χ1v) is 6.04. The van der Waals surface area contributed by atoms with E-state index in [1.54, 1.807) is 18.2 Å². The average molecular weight is 266 g/mol. The number of carbonyl (C=O) groups excluding carboxylic acids is 1. The zero-order valence-corrected chi connectivity index (χ0v) is 11.2. The predicted octanol–water partition coefficient (Wildman–Crippen LogP) is 2.16. The molecule has 1 amide bonds. The molecule has 5 heteroatoms. The van der Waals surface area contributed by atoms with Gasteiger partial charge in [0.1, 0.15) is 6.07 Å². The maximum atomic E-state index is 11.1. The first-order valence-electron chi connectivity index (χ1n) is 5.67. The number of primary amides is 1. The number of rotatable bonds is 5. The summed E-state index contributed by atoms with van der Waals surface area (Å²) < 4.78 is 0. The molecule has 0 unspecified atom stereocenters. The van der Waals surface area contributed by atoms with Crippen molar-refractivity contribution in [1.82, 2.24) is 0 Å². The maximum absolute atomic E-state index is 11.1. The summed E-state index contributed by atoms with van der Waals surface area (Å²) in [6.07, 6.45) is 0. The van der Waals surface area contributed by atoms with Gasteiger partial charge in [0.15, 0.2) is 0 Å². The van der Waals surface area contributed by atoms with Crippen LogP contribution in [-0.2, 0) is 4.79 Å². The highest BCUT2D eigenvalue weighted by Crippen LogP contribution is 2.24. The van der Waals surface area contributed by atoms with Crippen molar-refractivity contribution in [3.63, 3.8) is 0 Å². The van der Waals surface area contributed by atoms with Crippen molar-refractivity contribution in [2.45, 2.75) is 13.8 Å². The van der Waals surface area contributed by atoms with Gasteiger partial charge in [0.2, 0.25) is 5.91 Å². The molecule has 1 rings (SSSR count). The Morgan fingerprint density at radius 1 is 1.56 bits per heavy atom. The predicted molar refractivity (Wildman–Crippen MR) is 72.4 cm³/mol. The number of anilines is 1. The van der Waals surface area contributed by atoms with E-state index in [1.807, 2.05) is 18.7 Å². The van der Waals surface area contributed by atoms with E-state index in [2.05, 4.69) is 6.07 Å². The van der Waals surface area contributed by atoms with Crippen LogP contribution in [0.4, 0.5) is 5.69 Å². The van der Waals surface area contributed by atoms with Crippen molar-refractivity contribution in [3.8, 4) is 6.07 Å². The molecule has 0 heterocycles. The Hall–Kier alpha value is -1.73. The van der Waals surface area contributed by atoms with E-state index in [0.717, 1.165) is 0 Å². The zero-order valence-electron chi connectivity index (χ0n) is 10.5. The second-order valence-corrected chi connectivity index (χ2v) is 4.95. The second-order valence-electron chi connectivity index (χ2n) is 4.51. The van der Waals surface area contributed by atoms with E-state index in [4.69, 9.17) is 22.6 Å². The third kappa shape index (κ3) is 3.94. The normalized spacial score (nSPS) is 10.2. The summed E-state index contributed by atoms with van der Waals surface area (Å²) in [5.41, 5.74) is 6.38. The molecule has 96 valence electrons. The van der Waals surface area contributed by atoms with Crippen molar-refractivity contribution in [1.29, 1.82) is 5.26 Å². The van der Waals surface area contributed by atoms with Crippen LogP contribution in [0.3, 0.4) is 0 Å². The van der Waals surface area contributed by atoms with Crippen LogP contribution in [0, 0.1) is 17.2 Å². The second kappa shape index (κ2) is 6.27. The molecule has 0 radical (unpaired) electrons. The molecule has 0 aliphatic rings. The average Bonchev–Trinajstić information content (AvgIpc) is 2.26. The Morgan fingerprint density at radius 2 is 2.22 bits per heavy atom. The number of benzene rings is 1. The van der Waals surface area contributed by atoms with Gasteiger partial charge in [-0.1, -0.05) is 25.4 Å². The number of carbonyl (C=O) groups is 1. The zero-order chi connectivity index (χ0) is 13.7. The fraction of sp³-hybridized carbons (Fsp3) is 0.385. The molecule has 0 saturated carbocycles. The number of halogens is 1. The highest BCUT2D eigenvalue weighted by Gasteiger charge is 2.15. The summed E-state index contributed by atoms with van der Waals surface area (Å²) in [5.74, 6) is -0.0685. The van der Waals surface area contributed by atoms with E-state index in [-0.39, 0.29) is 6.54 Å². The monoisotopic (exact) mass is 265 g/mol. The molecule has 4 nitrogen and oxygen atoms in total. The van der Waals surface area contributed by atoms with Crippen molar-refractivity contribution < 1.29 is 4.79 Å². The summed E-state index contributed by atoms with van der Waals surface area (Å²) in [5, 5.41) is 9.61. The lowest BCUT2D eigenvalue weighted by Gasteiger charge is -2.26. The minimum absolute atomic E-state index is 0.0918. The third-order valence-electron chi connectivity index (χ3n) is 2.35. The van der Waals surface area contributed by atoms with Crippen LogP contribution in [-0.4, -0.2) is 19.0 Å². The van der Waals surface area contributed by atoms with Crippen LogP contribution in [0.5, 0.6) is 0 Å². The number of nitriles is 1. The van der Waals surface area contributed by atoms with Crippen LogP contribution in [0.25, 0.3) is 0 Å². The third-order valence-corrected chi connectivity index (χ3v) is 2.59. The first kappa shape index (κ1) is 14.3. The van der Waals surface area contributed by atoms with Crippen molar-refractivity contribution in [3.05, 3.63) is 28.8 Å². The molecule has 1 aromatic carbocycles. The van der Waals surface area contributed by atoms with E-state index < -0.39 is 5.91 Å². The molecular formula is C13H16ClN3O. The smallest absolute Gasteiger partial charge is 0.236 e. The summed E-state index contributed by atoms with van der Waals surface area (Å²) in [6.45, 7) is 4.82. The Kier molecular flexibility index (Phi) is 4.99. The summed E-state index contributed by atoms with van der Waals surface area (Å²) in [6, 6.07) is 7.12. The molecule has 0 aromatic heterocycles. The Bertz CT molecular complexity index is 480. The lowest BCUT2D eigenvalue weighted by Crippen LogP contribution is -2.36. The highest BCUT2D eigenvalue weighted by atomic mass is 35.5. The Morgan fingerprint density at radius 3 is 2.72 bits per heavy atom. The van der Waals surface area contributed by atoms with Gasteiger partial charge in [-0.3, -0.25) is 4.79 Å². The van der Waals surface area contributed by atoms with Gasteiger partial charge in [-0.05, 0) is 24.1 Å². The van der Waals surface area contributed by atoms with Gasteiger partial charge in [-0.2, -0.15) is 5.26 Å². The van der Waals surface area contributed by atoms with Crippen LogP contribution in [0.2, 0.25) is 5.02 Å². The standard InChI is InChI=1S/C13H16ClN3O/c1-9(2)7-17(8-13(16)18)12-4-3-11(14)5-10(12)6-15/h3-5,9H,7-8H2,1-2H3,(H2,16,18). The number of amides is 1. The Labute approximate surface area is 112 Å². The van der Waals surface area contributed by atoms with Gasteiger partial charge in [0.05, 0.1) is 17.8 Å². The van der Waals surface area contributed by atoms with Crippen LogP contribution in [0.1, 0.15) is 19.4 Å². The van der Waals surface area contributed by atoms with Crippen LogP contribution >= 0.6 is 11.6 Å². The highest BCUT2D eigenvalue weighted by molar-refractivity contribution is 6.30. The quantitative estimate of drug-likeness (QED) is 0.887. The fourth-order valence-corrected chi connectivity index (χ4v) is 1.92. The van der Waals surface area contributed by atoms with Gasteiger partial charge in [-0.25, -0.2) is 0 Å². The minimum Gasteiger partial charge on any atom is -0.368 e. The fourth-order valence-electron chi connectivity index (χ4n) is 1.75. The number of nitrogens with zero attached hydrogens (tertiary/aromatic N) is 2. The van der Waals surface area contributed by atoms with Gasteiger partial charge in [0, 0.05) is 11.6 Å². The van der Waals surface area contributed by atoms with Crippen molar-refractivity contribution in [2.75, 3.05) is 18.0 Å². The molecule has 0 aliphatic carbocycles. The van der Waals surface area contributed by atoms with Crippen molar-refractivity contribution in [2.24, 2.45) is 11.7 Å². The number of hydrogen-bond acceptors (Lipinski definition) is 3. The molecule has 0 bridgehead atoms. The molecular weight excluding hydrogens is 250 g/mol. The van der Waals surface area contributed by atoms with Gasteiger partial charge >= 0.3 is 0 Å². The van der Waals surface area contributed by atoms with Crippen molar-refractivity contribution >= 4 is 23.2 Å². The molecule has 0 saturated heterocycles. The SMILES string of the molecule is CC(C)CN(CC(N)=O)c1ccc(Cl)cc1C#N. The Balaban J connectivity index is 3.12. The summed E-state index contributed by atoms with van der Waals surface area (Å²) in [7, 11) is 0. The molecule has 0 fully saturated rings. The maximum Gasteiger partial charge on any atom is 0.236 e. The molecule has 0 spiro atoms. The van der Waals surface area contributed by atoms with E-state index in [1.165, 1.54) is 0 Å². The molecule has 1 aromatic rings. The topological polar surface area (TPSA) is 70.1 Å². The lowest BCUT2D eigenvalue weighted by molar-refractivity contribution is -0.116. The van der Waals surface area contributed by atoms with E-state index in [9.17, 15) is 4.79 Å². The van der Waals surface area contributed by atoms with Crippen LogP contribution < -0.4 is 10.6 Å². The summed E-state index contributed by atoms with van der Waals surface area (Å²) in [4.78, 5) is 12.9. The lowest BCUT2D eigenvalue weighted by atomic mass is 10.1. The number of nitrogens with two attached hydrogens (primary N) is 1. The van der Waals surface area contributed by atoms with E-state index >= 15 is 0 Å². The molecule has 2 N–H and O–H groups in total. The summed E-state index contributed by atoms with van der Waals surface area (Å²) >= 11 is 5.85. The minimum atomic E-state index is -0.422. The first-order chi connectivity index (χ1) is 8.43. The van der Waals surface area contributed by atoms with Gasteiger partial charge in [-0.15, -0.1) is 0 Å². The van der Waals surface area contributed by atoms with Crippen LogP contribution in [0.15, 0.2) is 18.2 Å². The van der Waals surface area contributed by atoms with E-state index in [0.29, 0.717) is 28.7 Å². The molecule has 18 heavy (non-hydrogen) atoms. The van der Waals surface area contributed by atoms with Gasteiger partial charge < -0.3 is 10.6 Å². The van der Waals surface area contributed by atoms with Gasteiger partial charge in [0.25, 0.3) is 0 Å². The molecule has 0 aliphatic heterocycles. The number of hydrogen-bond donors (Lipinski definition) is 1.